The molecule has 218 valence electrons. The van der Waals surface area contributed by atoms with Crippen LogP contribution in [0.2, 0.25) is 0 Å². The smallest absolute Gasteiger partial charge is 0.244 e. The molecule has 1 atom stereocenters. The van der Waals surface area contributed by atoms with Crippen LogP contribution in [0.25, 0.3) is 0 Å². The molecular formula is C33H41N3O4S. The van der Waals surface area contributed by atoms with Gasteiger partial charge < -0.3 is 10.2 Å². The van der Waals surface area contributed by atoms with Crippen molar-refractivity contribution >= 4 is 27.5 Å². The van der Waals surface area contributed by atoms with Crippen LogP contribution >= 0.6 is 0 Å². The Bertz CT molecular complexity index is 1400. The van der Waals surface area contributed by atoms with E-state index in [2.05, 4.69) is 5.32 Å². The van der Waals surface area contributed by atoms with E-state index in [1.165, 1.54) is 4.31 Å². The standard InChI is InChI=1S/C33H41N3O4S/c1-25-14-13-15-26(2)32(25)36(41(3,39)40)24-31(37)35(23-28-18-9-5-10-19-28)30(22-27-16-7-4-8-17-27)33(38)34-29-20-11-6-12-21-29/h4-5,7-10,13-19,29-30H,6,11-12,20-24H2,1-3H3,(H,34,38)/t30-/m1/s1. The molecule has 0 heterocycles. The largest absolute Gasteiger partial charge is 0.352 e. The van der Waals surface area contributed by atoms with Gasteiger partial charge in [0.1, 0.15) is 12.6 Å². The second kappa shape index (κ2) is 13.8. The van der Waals surface area contributed by atoms with Crippen molar-refractivity contribution in [3.8, 4) is 0 Å². The minimum absolute atomic E-state index is 0.0744. The molecule has 3 aromatic carbocycles. The molecule has 0 unspecified atom stereocenters. The predicted octanol–water partition coefficient (Wildman–Crippen LogP) is 5.16. The highest BCUT2D eigenvalue weighted by Gasteiger charge is 2.34. The first-order chi connectivity index (χ1) is 19.6. The van der Waals surface area contributed by atoms with E-state index in [0.29, 0.717) is 12.1 Å². The van der Waals surface area contributed by atoms with Crippen LogP contribution in [0.1, 0.15) is 54.4 Å². The van der Waals surface area contributed by atoms with Gasteiger partial charge in [-0.2, -0.15) is 0 Å². The quantitative estimate of drug-likeness (QED) is 0.342. The lowest BCUT2D eigenvalue weighted by molar-refractivity contribution is -0.140. The molecule has 8 heteroatoms. The average molecular weight is 576 g/mol. The van der Waals surface area contributed by atoms with E-state index in [1.807, 2.05) is 92.7 Å². The Labute approximate surface area is 244 Å². The number of amides is 2. The fraction of sp³-hybridized carbons (Fsp3) is 0.394. The summed E-state index contributed by atoms with van der Waals surface area (Å²) in [6.07, 6.45) is 6.58. The third-order valence-corrected chi connectivity index (χ3v) is 8.90. The molecule has 0 saturated heterocycles. The number of hydrogen-bond donors (Lipinski definition) is 1. The van der Waals surface area contributed by atoms with Crippen LogP contribution in [0.5, 0.6) is 0 Å². The molecule has 4 rings (SSSR count). The van der Waals surface area contributed by atoms with Crippen molar-refractivity contribution in [2.24, 2.45) is 0 Å². The van der Waals surface area contributed by atoms with Gasteiger partial charge in [0.25, 0.3) is 0 Å². The van der Waals surface area contributed by atoms with Gasteiger partial charge in [-0.25, -0.2) is 8.42 Å². The average Bonchev–Trinajstić information content (AvgIpc) is 2.95. The minimum Gasteiger partial charge on any atom is -0.352 e. The van der Waals surface area contributed by atoms with E-state index in [4.69, 9.17) is 0 Å². The van der Waals surface area contributed by atoms with Gasteiger partial charge in [-0.1, -0.05) is 98.1 Å². The van der Waals surface area contributed by atoms with E-state index < -0.39 is 28.5 Å². The van der Waals surface area contributed by atoms with Gasteiger partial charge in [0.15, 0.2) is 0 Å². The fourth-order valence-corrected chi connectivity index (χ4v) is 6.62. The Kier molecular flexibility index (Phi) is 10.2. The zero-order valence-electron chi connectivity index (χ0n) is 24.3. The summed E-state index contributed by atoms with van der Waals surface area (Å²) in [6.45, 7) is 3.45. The summed E-state index contributed by atoms with van der Waals surface area (Å²) in [5, 5.41) is 3.23. The normalized spacial score (nSPS) is 14.7. The lowest BCUT2D eigenvalue weighted by Crippen LogP contribution is -2.55. The van der Waals surface area contributed by atoms with Crippen molar-refractivity contribution in [1.82, 2.24) is 10.2 Å². The molecule has 2 amide bonds. The maximum Gasteiger partial charge on any atom is 0.244 e. The number of rotatable bonds is 11. The van der Waals surface area contributed by atoms with Gasteiger partial charge in [-0.05, 0) is 48.9 Å². The summed E-state index contributed by atoms with van der Waals surface area (Å²) in [4.78, 5) is 29.8. The highest BCUT2D eigenvalue weighted by Crippen LogP contribution is 2.27. The Hall–Kier alpha value is -3.65. The number of carbonyl (C=O) groups is 2. The lowest BCUT2D eigenvalue weighted by Gasteiger charge is -2.35. The molecular weight excluding hydrogens is 534 g/mol. The number of aryl methyl sites for hydroxylation is 2. The van der Waals surface area contributed by atoms with Crippen molar-refractivity contribution in [2.75, 3.05) is 17.1 Å². The van der Waals surface area contributed by atoms with E-state index in [0.717, 1.165) is 60.6 Å². The van der Waals surface area contributed by atoms with Gasteiger partial charge in [0, 0.05) is 19.0 Å². The van der Waals surface area contributed by atoms with Gasteiger partial charge >= 0.3 is 0 Å². The molecule has 41 heavy (non-hydrogen) atoms. The van der Waals surface area contributed by atoms with Gasteiger partial charge in [0.05, 0.1) is 11.9 Å². The predicted molar refractivity (Wildman–Crippen MR) is 164 cm³/mol. The number of para-hydroxylation sites is 1. The van der Waals surface area contributed by atoms with Crippen molar-refractivity contribution in [1.29, 1.82) is 0 Å². The van der Waals surface area contributed by atoms with Gasteiger partial charge in [0.2, 0.25) is 21.8 Å². The Balaban J connectivity index is 1.73. The van der Waals surface area contributed by atoms with Crippen LogP contribution in [0.4, 0.5) is 5.69 Å². The van der Waals surface area contributed by atoms with E-state index in [-0.39, 0.29) is 18.5 Å². The maximum atomic E-state index is 14.3. The highest BCUT2D eigenvalue weighted by molar-refractivity contribution is 7.92. The van der Waals surface area contributed by atoms with Crippen LogP contribution in [0.3, 0.4) is 0 Å². The highest BCUT2D eigenvalue weighted by atomic mass is 32.2. The van der Waals surface area contributed by atoms with Crippen molar-refractivity contribution in [2.45, 2.75) is 71.0 Å². The van der Waals surface area contributed by atoms with Gasteiger partial charge in [-0.3, -0.25) is 13.9 Å². The van der Waals surface area contributed by atoms with E-state index >= 15 is 0 Å². The molecule has 0 bridgehead atoms. The molecule has 1 N–H and O–H groups in total. The first-order valence-corrected chi connectivity index (χ1v) is 16.2. The second-order valence-corrected chi connectivity index (χ2v) is 13.0. The monoisotopic (exact) mass is 575 g/mol. The van der Waals surface area contributed by atoms with Gasteiger partial charge in [-0.15, -0.1) is 0 Å². The van der Waals surface area contributed by atoms with Crippen LogP contribution in [-0.2, 0) is 32.6 Å². The first-order valence-electron chi connectivity index (χ1n) is 14.3. The molecule has 1 saturated carbocycles. The molecule has 0 aromatic heterocycles. The van der Waals surface area contributed by atoms with Crippen molar-refractivity contribution < 1.29 is 18.0 Å². The molecule has 0 aliphatic heterocycles. The van der Waals surface area contributed by atoms with E-state index in [9.17, 15) is 18.0 Å². The molecule has 0 radical (unpaired) electrons. The molecule has 0 spiro atoms. The third kappa shape index (κ3) is 8.19. The Morgan fingerprint density at radius 1 is 0.829 bits per heavy atom. The molecule has 3 aromatic rings. The zero-order chi connectivity index (χ0) is 29.4. The number of benzene rings is 3. The van der Waals surface area contributed by atoms with Crippen LogP contribution < -0.4 is 9.62 Å². The maximum absolute atomic E-state index is 14.3. The molecule has 1 aliphatic rings. The lowest BCUT2D eigenvalue weighted by atomic mass is 9.94. The fourth-order valence-electron chi connectivity index (χ4n) is 5.65. The van der Waals surface area contributed by atoms with Crippen LogP contribution in [0.15, 0.2) is 78.9 Å². The molecule has 1 aliphatic carbocycles. The molecule has 1 fully saturated rings. The Morgan fingerprint density at radius 2 is 1.39 bits per heavy atom. The number of nitrogens with zero attached hydrogens (tertiary/aromatic N) is 2. The summed E-state index contributed by atoms with van der Waals surface area (Å²) in [7, 11) is -3.81. The van der Waals surface area contributed by atoms with E-state index in [1.54, 1.807) is 4.90 Å². The first kappa shape index (κ1) is 30.3. The zero-order valence-corrected chi connectivity index (χ0v) is 25.1. The van der Waals surface area contributed by atoms with Crippen LogP contribution in [0, 0.1) is 13.8 Å². The number of nitrogens with one attached hydrogen (secondary N) is 1. The summed E-state index contributed by atoms with van der Waals surface area (Å²) in [6, 6.07) is 24.0. The summed E-state index contributed by atoms with van der Waals surface area (Å²) < 4.78 is 27.3. The number of anilines is 1. The SMILES string of the molecule is Cc1cccc(C)c1N(CC(=O)N(Cc1ccccc1)[C@H](Cc1ccccc1)C(=O)NC1CCCCC1)S(C)(=O)=O. The number of hydrogen-bond acceptors (Lipinski definition) is 4. The summed E-state index contributed by atoms with van der Waals surface area (Å²) in [5.41, 5.74) is 3.80. The number of carbonyl (C=O) groups excluding carboxylic acids is 2. The van der Waals surface area contributed by atoms with Crippen molar-refractivity contribution in [3.05, 3.63) is 101 Å². The molecule has 7 nitrogen and oxygen atoms in total. The topological polar surface area (TPSA) is 86.8 Å². The summed E-state index contributed by atoms with van der Waals surface area (Å²) in [5.74, 6) is -0.635. The minimum atomic E-state index is -3.81. The third-order valence-electron chi connectivity index (χ3n) is 7.79. The summed E-state index contributed by atoms with van der Waals surface area (Å²) >= 11 is 0. The van der Waals surface area contributed by atoms with Crippen LogP contribution in [-0.4, -0.2) is 50.0 Å². The Morgan fingerprint density at radius 3 is 1.95 bits per heavy atom. The number of sulfonamides is 1. The van der Waals surface area contributed by atoms with Crippen molar-refractivity contribution in [3.63, 3.8) is 0 Å². The second-order valence-electron chi connectivity index (χ2n) is 11.1.